The van der Waals surface area contributed by atoms with Gasteiger partial charge in [0, 0.05) is 19.3 Å². The number of rotatable bonds is 5. The second-order valence-electron chi connectivity index (χ2n) is 4.13. The van der Waals surface area contributed by atoms with Crippen LogP contribution in [0.3, 0.4) is 0 Å². The van der Waals surface area contributed by atoms with Crippen LogP contribution in [0.25, 0.3) is 0 Å². The van der Waals surface area contributed by atoms with Crippen LogP contribution in [0.2, 0.25) is 0 Å². The van der Waals surface area contributed by atoms with Crippen molar-refractivity contribution in [2.24, 2.45) is 7.05 Å². The third kappa shape index (κ3) is 3.36. The zero-order valence-corrected chi connectivity index (χ0v) is 11.7. The van der Waals surface area contributed by atoms with Gasteiger partial charge in [-0.05, 0) is 13.0 Å². The Morgan fingerprint density at radius 2 is 2.24 bits per heavy atom. The third-order valence-corrected chi connectivity index (χ3v) is 2.78. The number of pyridine rings is 1. The van der Waals surface area contributed by atoms with Gasteiger partial charge in [-0.15, -0.1) is 0 Å². The summed E-state index contributed by atoms with van der Waals surface area (Å²) >= 11 is 0. The van der Waals surface area contributed by atoms with Crippen molar-refractivity contribution in [1.82, 2.24) is 14.8 Å². The smallest absolute Gasteiger partial charge is 0.341 e. The van der Waals surface area contributed by atoms with E-state index in [-0.39, 0.29) is 6.61 Å². The van der Waals surface area contributed by atoms with Crippen LogP contribution in [-0.2, 0) is 18.4 Å². The predicted molar refractivity (Wildman–Crippen MR) is 72.4 cm³/mol. The van der Waals surface area contributed by atoms with Gasteiger partial charge in [-0.25, -0.2) is 9.78 Å². The summed E-state index contributed by atoms with van der Waals surface area (Å²) in [6.07, 6.45) is 2.87. The average molecular weight is 286 g/mol. The minimum Gasteiger partial charge on any atom is -0.471 e. The molecule has 0 saturated heterocycles. The van der Waals surface area contributed by atoms with Crippen molar-refractivity contribution in [3.05, 3.63) is 41.3 Å². The molecule has 2 heterocycles. The molecule has 0 bridgehead atoms. The molecule has 0 spiro atoms. The maximum Gasteiger partial charge on any atom is 0.341 e. The molecule has 0 aliphatic carbocycles. The van der Waals surface area contributed by atoms with Gasteiger partial charge in [0.2, 0.25) is 5.88 Å². The van der Waals surface area contributed by atoms with E-state index < -0.39 is 5.97 Å². The number of carbonyl (C=O) groups is 1. The fraction of sp³-hybridized carbons (Fsp3) is 0.286. The molecule has 0 amide bonds. The van der Waals surface area contributed by atoms with E-state index in [9.17, 15) is 4.79 Å². The number of nitriles is 1. The van der Waals surface area contributed by atoms with Crippen molar-refractivity contribution in [2.75, 3.05) is 6.61 Å². The first kappa shape index (κ1) is 14.5. The molecule has 0 saturated carbocycles. The molecule has 21 heavy (non-hydrogen) atoms. The van der Waals surface area contributed by atoms with E-state index >= 15 is 0 Å². The lowest BCUT2D eigenvalue weighted by Crippen LogP contribution is -2.11. The predicted octanol–water partition coefficient (Wildman–Crippen LogP) is 1.44. The maximum atomic E-state index is 11.8. The van der Waals surface area contributed by atoms with E-state index in [0.717, 1.165) is 0 Å². The molecule has 2 aromatic heterocycles. The van der Waals surface area contributed by atoms with Crippen LogP contribution in [0.5, 0.6) is 5.88 Å². The van der Waals surface area contributed by atoms with Gasteiger partial charge in [0.1, 0.15) is 18.2 Å². The van der Waals surface area contributed by atoms with Crippen LogP contribution in [0.1, 0.15) is 28.5 Å². The molecule has 0 radical (unpaired) electrons. The maximum absolute atomic E-state index is 11.8. The monoisotopic (exact) mass is 286 g/mol. The summed E-state index contributed by atoms with van der Waals surface area (Å²) in [6, 6.07) is 5.18. The number of hydrogen-bond acceptors (Lipinski definition) is 6. The van der Waals surface area contributed by atoms with Crippen LogP contribution in [0, 0.1) is 11.3 Å². The Kier molecular flexibility index (Phi) is 4.51. The van der Waals surface area contributed by atoms with Crippen LogP contribution in [0.15, 0.2) is 24.5 Å². The Morgan fingerprint density at radius 1 is 1.43 bits per heavy atom. The largest absolute Gasteiger partial charge is 0.471 e. The summed E-state index contributed by atoms with van der Waals surface area (Å²) in [7, 11) is 1.72. The van der Waals surface area contributed by atoms with Crippen molar-refractivity contribution in [2.45, 2.75) is 13.5 Å². The minimum atomic E-state index is -0.433. The van der Waals surface area contributed by atoms with Gasteiger partial charge in [0.15, 0.2) is 0 Å². The third-order valence-electron chi connectivity index (χ3n) is 2.78. The van der Waals surface area contributed by atoms with Gasteiger partial charge < -0.3 is 9.47 Å². The van der Waals surface area contributed by atoms with Gasteiger partial charge in [-0.2, -0.15) is 10.4 Å². The zero-order chi connectivity index (χ0) is 15.2. The van der Waals surface area contributed by atoms with E-state index in [1.54, 1.807) is 30.8 Å². The second-order valence-corrected chi connectivity index (χ2v) is 4.13. The average Bonchev–Trinajstić information content (AvgIpc) is 2.87. The van der Waals surface area contributed by atoms with Crippen LogP contribution >= 0.6 is 0 Å². The van der Waals surface area contributed by atoms with Crippen molar-refractivity contribution in [3.8, 4) is 11.9 Å². The second kappa shape index (κ2) is 6.52. The zero-order valence-electron chi connectivity index (χ0n) is 11.7. The number of hydrogen-bond donors (Lipinski definition) is 0. The molecule has 2 rings (SSSR count). The molecular weight excluding hydrogens is 272 g/mol. The van der Waals surface area contributed by atoms with Crippen LogP contribution < -0.4 is 4.74 Å². The highest BCUT2D eigenvalue weighted by Crippen LogP contribution is 2.14. The van der Waals surface area contributed by atoms with Crippen LogP contribution in [0.4, 0.5) is 0 Å². The Balaban J connectivity index is 2.10. The number of ether oxygens (including phenoxy) is 2. The summed E-state index contributed by atoms with van der Waals surface area (Å²) < 4.78 is 12.0. The lowest BCUT2D eigenvalue weighted by Gasteiger charge is -2.08. The quantitative estimate of drug-likeness (QED) is 0.772. The van der Waals surface area contributed by atoms with Gasteiger partial charge in [-0.1, -0.05) is 0 Å². The van der Waals surface area contributed by atoms with Crippen LogP contribution in [-0.4, -0.2) is 27.3 Å². The summed E-state index contributed by atoms with van der Waals surface area (Å²) in [4.78, 5) is 15.8. The molecule has 0 unspecified atom stereocenters. The van der Waals surface area contributed by atoms with E-state index in [1.165, 1.54) is 12.4 Å². The van der Waals surface area contributed by atoms with Crippen molar-refractivity contribution in [1.29, 1.82) is 5.26 Å². The Bertz CT molecular complexity index is 671. The number of carbonyl (C=O) groups excluding carboxylic acids is 1. The highest BCUT2D eigenvalue weighted by molar-refractivity contribution is 5.90. The number of nitrogens with zero attached hydrogens (tertiary/aromatic N) is 4. The summed E-state index contributed by atoms with van der Waals surface area (Å²) in [5.41, 5.74) is 1.42. The lowest BCUT2D eigenvalue weighted by atomic mass is 10.2. The SMILES string of the molecule is CCOC(=O)c1cnn(C)c1COc1ccc(C#N)cn1. The minimum absolute atomic E-state index is 0.129. The first-order chi connectivity index (χ1) is 10.2. The molecule has 0 atom stereocenters. The number of aromatic nitrogens is 3. The highest BCUT2D eigenvalue weighted by Gasteiger charge is 2.17. The number of esters is 1. The van der Waals surface area contributed by atoms with Gasteiger partial charge in [0.25, 0.3) is 0 Å². The molecule has 0 aliphatic rings. The highest BCUT2D eigenvalue weighted by atomic mass is 16.5. The molecule has 2 aromatic rings. The first-order valence-corrected chi connectivity index (χ1v) is 6.32. The lowest BCUT2D eigenvalue weighted by molar-refractivity contribution is 0.0523. The fourth-order valence-corrected chi connectivity index (χ4v) is 1.69. The number of aryl methyl sites for hydroxylation is 1. The standard InChI is InChI=1S/C14H14N4O3/c1-3-20-14(19)11-8-17-18(2)12(11)9-21-13-5-4-10(6-15)7-16-13/h4-5,7-8H,3,9H2,1-2H3. The fourth-order valence-electron chi connectivity index (χ4n) is 1.69. The van der Waals surface area contributed by atoms with Gasteiger partial charge in [-0.3, -0.25) is 4.68 Å². The van der Waals surface area contributed by atoms with Crippen molar-refractivity contribution < 1.29 is 14.3 Å². The Labute approximate surface area is 121 Å². The first-order valence-electron chi connectivity index (χ1n) is 6.32. The Morgan fingerprint density at radius 3 is 2.86 bits per heavy atom. The molecule has 0 N–H and O–H groups in total. The topological polar surface area (TPSA) is 90.0 Å². The van der Waals surface area contributed by atoms with E-state index in [1.807, 2.05) is 6.07 Å². The molecule has 0 fully saturated rings. The van der Waals surface area contributed by atoms with Gasteiger partial charge in [0.05, 0.1) is 24.1 Å². The molecule has 0 aromatic carbocycles. The summed E-state index contributed by atoms with van der Waals surface area (Å²) in [5, 5.41) is 12.7. The molecular formula is C14H14N4O3. The molecule has 108 valence electrons. The van der Waals surface area contributed by atoms with E-state index in [2.05, 4.69) is 10.1 Å². The molecule has 0 aliphatic heterocycles. The summed E-state index contributed by atoms with van der Waals surface area (Å²) in [5.74, 6) is -0.0676. The van der Waals surface area contributed by atoms with Crippen molar-refractivity contribution in [3.63, 3.8) is 0 Å². The van der Waals surface area contributed by atoms with Crippen molar-refractivity contribution >= 4 is 5.97 Å². The van der Waals surface area contributed by atoms with E-state index in [0.29, 0.717) is 29.3 Å². The normalized spacial score (nSPS) is 9.95. The molecule has 7 nitrogen and oxygen atoms in total. The molecule has 7 heteroatoms. The van der Waals surface area contributed by atoms with Gasteiger partial charge >= 0.3 is 5.97 Å². The van der Waals surface area contributed by atoms with E-state index in [4.69, 9.17) is 14.7 Å². The Hall–Kier alpha value is -2.88. The summed E-state index contributed by atoms with van der Waals surface area (Å²) in [6.45, 7) is 2.17.